The lowest BCUT2D eigenvalue weighted by molar-refractivity contribution is 0.270. The SMILES string of the molecule is OCc1nccc(-c2cnc[nH]2)c1F. The van der Waals surface area contributed by atoms with Crippen LogP contribution in [0.25, 0.3) is 11.3 Å². The van der Waals surface area contributed by atoms with Gasteiger partial charge in [0.2, 0.25) is 0 Å². The highest BCUT2D eigenvalue weighted by molar-refractivity contribution is 5.58. The van der Waals surface area contributed by atoms with E-state index in [0.29, 0.717) is 11.3 Å². The normalized spacial score (nSPS) is 10.4. The van der Waals surface area contributed by atoms with E-state index < -0.39 is 12.4 Å². The molecule has 4 nitrogen and oxygen atoms in total. The second kappa shape index (κ2) is 3.55. The van der Waals surface area contributed by atoms with E-state index in [1.807, 2.05) is 0 Å². The molecule has 5 heteroatoms. The van der Waals surface area contributed by atoms with Crippen molar-refractivity contribution in [1.29, 1.82) is 0 Å². The van der Waals surface area contributed by atoms with Crippen LogP contribution in [0, 0.1) is 5.82 Å². The number of aliphatic hydroxyl groups is 1. The van der Waals surface area contributed by atoms with E-state index in [4.69, 9.17) is 5.11 Å². The second-order valence-corrected chi connectivity index (χ2v) is 2.74. The first kappa shape index (κ1) is 8.83. The van der Waals surface area contributed by atoms with Crippen LogP contribution in [0.2, 0.25) is 0 Å². The molecule has 0 fully saturated rings. The summed E-state index contributed by atoms with van der Waals surface area (Å²) >= 11 is 0. The maximum atomic E-state index is 13.6. The first-order valence-corrected chi connectivity index (χ1v) is 4.06. The third-order valence-corrected chi connectivity index (χ3v) is 1.90. The van der Waals surface area contributed by atoms with E-state index in [-0.39, 0.29) is 5.69 Å². The second-order valence-electron chi connectivity index (χ2n) is 2.74. The Balaban J connectivity index is 2.54. The molecule has 14 heavy (non-hydrogen) atoms. The van der Waals surface area contributed by atoms with Gasteiger partial charge in [0, 0.05) is 11.8 Å². The Morgan fingerprint density at radius 1 is 1.50 bits per heavy atom. The van der Waals surface area contributed by atoms with Gasteiger partial charge in [0.15, 0.2) is 5.82 Å². The lowest BCUT2D eigenvalue weighted by atomic mass is 10.1. The van der Waals surface area contributed by atoms with Crippen molar-refractivity contribution in [1.82, 2.24) is 15.0 Å². The molecule has 72 valence electrons. The molecule has 0 aliphatic rings. The van der Waals surface area contributed by atoms with Gasteiger partial charge in [-0.1, -0.05) is 0 Å². The number of aromatic nitrogens is 3. The number of imidazole rings is 1. The molecular weight excluding hydrogens is 185 g/mol. The van der Waals surface area contributed by atoms with Crippen LogP contribution in [0.1, 0.15) is 5.69 Å². The number of halogens is 1. The van der Waals surface area contributed by atoms with Gasteiger partial charge in [-0.15, -0.1) is 0 Å². The van der Waals surface area contributed by atoms with Crippen LogP contribution in [0.4, 0.5) is 4.39 Å². The predicted molar refractivity (Wildman–Crippen MR) is 47.7 cm³/mol. The summed E-state index contributed by atoms with van der Waals surface area (Å²) in [5.74, 6) is -0.515. The van der Waals surface area contributed by atoms with Gasteiger partial charge in [0.25, 0.3) is 0 Å². The molecular formula is C9H8FN3O. The van der Waals surface area contributed by atoms with Crippen LogP contribution >= 0.6 is 0 Å². The van der Waals surface area contributed by atoms with Gasteiger partial charge in [-0.25, -0.2) is 9.37 Å². The molecule has 0 bridgehead atoms. The standard InChI is InChI=1S/C9H8FN3O/c10-9-6(7-3-11-5-13-7)1-2-12-8(9)4-14/h1-3,5,14H,4H2,(H,11,13). The topological polar surface area (TPSA) is 61.8 Å². The van der Waals surface area contributed by atoms with E-state index in [9.17, 15) is 4.39 Å². The van der Waals surface area contributed by atoms with Crippen LogP contribution in [-0.2, 0) is 6.61 Å². The van der Waals surface area contributed by atoms with E-state index >= 15 is 0 Å². The highest BCUT2D eigenvalue weighted by Gasteiger charge is 2.10. The van der Waals surface area contributed by atoms with Crippen LogP contribution < -0.4 is 0 Å². The Bertz CT molecular complexity index is 428. The molecule has 2 heterocycles. The number of aliphatic hydroxyl groups excluding tert-OH is 1. The van der Waals surface area contributed by atoms with Crippen molar-refractivity contribution in [2.75, 3.05) is 0 Å². The minimum atomic E-state index is -0.515. The summed E-state index contributed by atoms with van der Waals surface area (Å²) in [5, 5.41) is 8.81. The molecule has 0 unspecified atom stereocenters. The summed E-state index contributed by atoms with van der Waals surface area (Å²) in [4.78, 5) is 10.3. The Morgan fingerprint density at radius 3 is 3.00 bits per heavy atom. The highest BCUT2D eigenvalue weighted by atomic mass is 19.1. The maximum absolute atomic E-state index is 13.6. The fourth-order valence-corrected chi connectivity index (χ4v) is 1.21. The fraction of sp³-hybridized carbons (Fsp3) is 0.111. The number of hydrogen-bond acceptors (Lipinski definition) is 3. The van der Waals surface area contributed by atoms with Crippen molar-refractivity contribution < 1.29 is 9.50 Å². The zero-order valence-electron chi connectivity index (χ0n) is 7.24. The third-order valence-electron chi connectivity index (χ3n) is 1.90. The molecule has 0 atom stereocenters. The monoisotopic (exact) mass is 193 g/mol. The van der Waals surface area contributed by atoms with Gasteiger partial charge < -0.3 is 10.1 Å². The number of H-pyrrole nitrogens is 1. The first-order chi connectivity index (χ1) is 6.83. The lowest BCUT2D eigenvalue weighted by Crippen LogP contribution is -1.96. The van der Waals surface area contributed by atoms with E-state index in [2.05, 4.69) is 15.0 Å². The van der Waals surface area contributed by atoms with Crippen molar-refractivity contribution >= 4 is 0 Å². The van der Waals surface area contributed by atoms with Crippen LogP contribution in [0.5, 0.6) is 0 Å². The van der Waals surface area contributed by atoms with Crippen molar-refractivity contribution in [2.45, 2.75) is 6.61 Å². The molecule has 0 aromatic carbocycles. The summed E-state index contributed by atoms with van der Waals surface area (Å²) in [7, 11) is 0. The fourth-order valence-electron chi connectivity index (χ4n) is 1.21. The first-order valence-electron chi connectivity index (χ1n) is 4.06. The molecule has 0 spiro atoms. The molecule has 0 amide bonds. The van der Waals surface area contributed by atoms with Gasteiger partial charge in [-0.3, -0.25) is 4.98 Å². The van der Waals surface area contributed by atoms with Crippen molar-refractivity contribution in [3.63, 3.8) is 0 Å². The van der Waals surface area contributed by atoms with Crippen molar-refractivity contribution in [3.8, 4) is 11.3 Å². The third kappa shape index (κ3) is 1.38. The number of pyridine rings is 1. The molecule has 0 aliphatic carbocycles. The molecule has 0 aliphatic heterocycles. The van der Waals surface area contributed by atoms with Crippen LogP contribution in [0.3, 0.4) is 0 Å². The van der Waals surface area contributed by atoms with Crippen molar-refractivity contribution in [3.05, 3.63) is 36.3 Å². The zero-order chi connectivity index (χ0) is 9.97. The predicted octanol–water partition coefficient (Wildman–Crippen LogP) is 1.10. The molecule has 0 saturated heterocycles. The Hall–Kier alpha value is -1.75. The Labute approximate surface area is 79.5 Å². The summed E-state index contributed by atoms with van der Waals surface area (Å²) in [5.41, 5.74) is 0.971. The average molecular weight is 193 g/mol. The van der Waals surface area contributed by atoms with Gasteiger partial charge in [-0.2, -0.15) is 0 Å². The van der Waals surface area contributed by atoms with Gasteiger partial charge in [0.1, 0.15) is 5.69 Å². The van der Waals surface area contributed by atoms with Crippen LogP contribution in [0.15, 0.2) is 24.8 Å². The number of nitrogens with zero attached hydrogens (tertiary/aromatic N) is 2. The maximum Gasteiger partial charge on any atom is 0.156 e. The van der Waals surface area contributed by atoms with Gasteiger partial charge >= 0.3 is 0 Å². The zero-order valence-corrected chi connectivity index (χ0v) is 7.24. The minimum Gasteiger partial charge on any atom is -0.390 e. The van der Waals surface area contributed by atoms with E-state index in [0.717, 1.165) is 0 Å². The highest BCUT2D eigenvalue weighted by Crippen LogP contribution is 2.20. The van der Waals surface area contributed by atoms with Gasteiger partial charge in [-0.05, 0) is 6.07 Å². The molecule has 0 saturated carbocycles. The Kier molecular flexibility index (Phi) is 2.24. The molecule has 2 N–H and O–H groups in total. The number of hydrogen-bond donors (Lipinski definition) is 2. The van der Waals surface area contributed by atoms with Gasteiger partial charge in [0.05, 0.1) is 24.8 Å². The smallest absolute Gasteiger partial charge is 0.156 e. The Morgan fingerprint density at radius 2 is 2.36 bits per heavy atom. The molecule has 0 radical (unpaired) electrons. The lowest BCUT2D eigenvalue weighted by Gasteiger charge is -2.02. The average Bonchev–Trinajstić information content (AvgIpc) is 2.71. The van der Waals surface area contributed by atoms with E-state index in [1.165, 1.54) is 24.8 Å². The summed E-state index contributed by atoms with van der Waals surface area (Å²) in [6, 6.07) is 1.53. The molecule has 2 rings (SSSR count). The summed E-state index contributed by atoms with van der Waals surface area (Å²) in [6.07, 6.45) is 4.43. The minimum absolute atomic E-state index is 0.0390. The van der Waals surface area contributed by atoms with E-state index in [1.54, 1.807) is 0 Å². The number of aromatic amines is 1. The molecule has 2 aromatic rings. The summed E-state index contributed by atoms with van der Waals surface area (Å²) < 4.78 is 13.6. The largest absolute Gasteiger partial charge is 0.390 e. The number of nitrogens with one attached hydrogen (secondary N) is 1. The van der Waals surface area contributed by atoms with Crippen molar-refractivity contribution in [2.24, 2.45) is 0 Å². The van der Waals surface area contributed by atoms with Crippen LogP contribution in [-0.4, -0.2) is 20.1 Å². The summed E-state index contributed by atoms with van der Waals surface area (Å²) in [6.45, 7) is -0.409. The quantitative estimate of drug-likeness (QED) is 0.750. The molecule has 2 aromatic heterocycles. The number of rotatable bonds is 2.